The topological polar surface area (TPSA) is 46.5 Å². The zero-order chi connectivity index (χ0) is 16.7. The van der Waals surface area contributed by atoms with Gasteiger partial charge in [-0.2, -0.15) is 26.3 Å². The second-order valence-corrected chi connectivity index (χ2v) is 5.33. The molecule has 10 heteroatoms. The molecule has 1 unspecified atom stereocenters. The molecule has 3 nitrogen and oxygen atoms in total. The maximum absolute atomic E-state index is 12.8. The number of benzene rings is 1. The van der Waals surface area contributed by atoms with Crippen LogP contribution >= 0.6 is 11.8 Å². The van der Waals surface area contributed by atoms with Crippen LogP contribution in [0.1, 0.15) is 5.56 Å². The van der Waals surface area contributed by atoms with Gasteiger partial charge in [0.25, 0.3) is 0 Å². The summed E-state index contributed by atoms with van der Waals surface area (Å²) in [5.74, 6) is -2.19. The number of carboxylic acids is 1. The van der Waals surface area contributed by atoms with E-state index in [4.69, 9.17) is 5.11 Å². The predicted molar refractivity (Wildman–Crippen MR) is 64.4 cm³/mol. The number of thioether (sulfide) groups is 1. The lowest BCUT2D eigenvalue weighted by Gasteiger charge is -2.27. The lowest BCUT2D eigenvalue weighted by Crippen LogP contribution is -2.40. The monoisotopic (exact) mass is 344 g/mol. The molecule has 0 aromatic heterocycles. The van der Waals surface area contributed by atoms with Gasteiger partial charge in [-0.1, -0.05) is 0 Å². The van der Waals surface area contributed by atoms with Gasteiger partial charge in [0.1, 0.15) is 5.75 Å². The molecule has 1 N–H and O–H groups in total. The van der Waals surface area contributed by atoms with E-state index in [0.717, 1.165) is 18.2 Å². The van der Waals surface area contributed by atoms with Crippen LogP contribution < -0.4 is 4.74 Å². The molecule has 1 aliphatic heterocycles. The van der Waals surface area contributed by atoms with E-state index in [1.165, 1.54) is 0 Å². The average molecular weight is 344 g/mol. The van der Waals surface area contributed by atoms with Gasteiger partial charge in [0.05, 0.1) is 5.57 Å². The summed E-state index contributed by atoms with van der Waals surface area (Å²) in [5.41, 5.74) is -5.82. The van der Waals surface area contributed by atoms with Gasteiger partial charge in [0, 0.05) is 10.5 Å². The van der Waals surface area contributed by atoms with Crippen LogP contribution in [-0.4, -0.2) is 28.9 Å². The van der Waals surface area contributed by atoms with Crippen molar-refractivity contribution in [3.63, 3.8) is 0 Å². The van der Waals surface area contributed by atoms with Crippen molar-refractivity contribution in [1.82, 2.24) is 0 Å². The highest BCUT2D eigenvalue weighted by atomic mass is 32.2. The third-order valence-electron chi connectivity index (χ3n) is 2.60. The minimum Gasteiger partial charge on any atom is -0.478 e. The molecule has 0 aliphatic carbocycles. The predicted octanol–water partition coefficient (Wildman–Crippen LogP) is 4.09. The Morgan fingerprint density at radius 3 is 2.32 bits per heavy atom. The Bertz CT molecular complexity index is 635. The van der Waals surface area contributed by atoms with Gasteiger partial charge in [0.15, 0.2) is 0 Å². The highest BCUT2D eigenvalue weighted by Crippen LogP contribution is 2.42. The summed E-state index contributed by atoms with van der Waals surface area (Å²) >= 11 is -0.465. The van der Waals surface area contributed by atoms with Gasteiger partial charge in [0.2, 0.25) is 6.10 Å². The van der Waals surface area contributed by atoms with Gasteiger partial charge in [-0.3, -0.25) is 0 Å². The van der Waals surface area contributed by atoms with Crippen LogP contribution in [0.5, 0.6) is 5.75 Å². The molecule has 1 aromatic carbocycles. The largest absolute Gasteiger partial charge is 0.478 e. The van der Waals surface area contributed by atoms with Crippen molar-refractivity contribution in [3.05, 3.63) is 29.3 Å². The molecule has 22 heavy (non-hydrogen) atoms. The molecule has 0 radical (unpaired) electrons. The normalized spacial score (nSPS) is 18.3. The summed E-state index contributed by atoms with van der Waals surface area (Å²) in [7, 11) is 0. The molecule has 1 aromatic rings. The molecule has 1 heterocycles. The van der Waals surface area contributed by atoms with Gasteiger partial charge >= 0.3 is 17.7 Å². The Balaban J connectivity index is 2.43. The maximum Gasteiger partial charge on any atom is 0.446 e. The second-order valence-electron chi connectivity index (χ2n) is 4.19. The summed E-state index contributed by atoms with van der Waals surface area (Å²) in [4.78, 5) is 10.6. The molecule has 1 aliphatic rings. The van der Waals surface area contributed by atoms with Crippen molar-refractivity contribution >= 4 is 23.8 Å². The first-order valence-electron chi connectivity index (χ1n) is 5.55. The fraction of sp³-hybridized carbons (Fsp3) is 0.250. The smallest absolute Gasteiger partial charge is 0.446 e. The molecule has 2 rings (SSSR count). The van der Waals surface area contributed by atoms with Crippen LogP contribution in [0.15, 0.2) is 28.7 Å². The van der Waals surface area contributed by atoms with Crippen molar-refractivity contribution < 1.29 is 41.0 Å². The van der Waals surface area contributed by atoms with Crippen molar-refractivity contribution in [2.45, 2.75) is 22.7 Å². The first-order valence-corrected chi connectivity index (χ1v) is 6.37. The zero-order valence-corrected chi connectivity index (χ0v) is 11.1. The molecular formula is C12H6F6O3S. The summed E-state index contributed by atoms with van der Waals surface area (Å²) in [6.07, 6.45) is -6.96. The number of halogens is 6. The fourth-order valence-electron chi connectivity index (χ4n) is 1.79. The molecule has 0 spiro atoms. The number of aliphatic carboxylic acids is 1. The number of hydrogen-bond acceptors (Lipinski definition) is 3. The highest BCUT2D eigenvalue weighted by molar-refractivity contribution is 8.00. The van der Waals surface area contributed by atoms with Crippen LogP contribution in [0.4, 0.5) is 26.3 Å². The molecule has 120 valence electrons. The van der Waals surface area contributed by atoms with E-state index in [2.05, 4.69) is 4.74 Å². The lowest BCUT2D eigenvalue weighted by molar-refractivity contribution is -0.187. The standard InChI is InChI=1S/C12H6F6O3S/c13-11(14,15)9-7(10(19)20)4-5-3-6(22-12(16,17)18)1-2-8(5)21-9/h1-4,9H,(H,19,20). The Morgan fingerprint density at radius 2 is 1.82 bits per heavy atom. The highest BCUT2D eigenvalue weighted by Gasteiger charge is 2.48. The van der Waals surface area contributed by atoms with Crippen molar-refractivity contribution in [3.8, 4) is 5.75 Å². The average Bonchev–Trinajstić information content (AvgIpc) is 2.33. The minimum absolute atomic E-state index is 0.160. The van der Waals surface area contributed by atoms with Gasteiger partial charge in [-0.15, -0.1) is 0 Å². The van der Waals surface area contributed by atoms with E-state index in [0.29, 0.717) is 6.08 Å². The third-order valence-corrected chi connectivity index (χ3v) is 3.32. The van der Waals surface area contributed by atoms with Crippen LogP contribution in [0, 0.1) is 0 Å². The number of carbonyl (C=O) groups is 1. The molecule has 0 saturated carbocycles. The Kier molecular flexibility index (Phi) is 4.07. The molecule has 0 fully saturated rings. The third kappa shape index (κ3) is 3.67. The summed E-state index contributed by atoms with van der Waals surface area (Å²) in [6, 6.07) is 2.81. The van der Waals surface area contributed by atoms with Crippen molar-refractivity contribution in [1.29, 1.82) is 0 Å². The van der Waals surface area contributed by atoms with Crippen molar-refractivity contribution in [2.75, 3.05) is 0 Å². The number of rotatable bonds is 2. The lowest BCUT2D eigenvalue weighted by atomic mass is 10.0. The molecule has 1 atom stereocenters. The molecule has 0 saturated heterocycles. The number of alkyl halides is 6. The van der Waals surface area contributed by atoms with E-state index in [-0.39, 0.29) is 16.2 Å². The van der Waals surface area contributed by atoms with Gasteiger partial charge < -0.3 is 9.84 Å². The van der Waals surface area contributed by atoms with Crippen LogP contribution in [0.25, 0.3) is 6.08 Å². The SMILES string of the molecule is O=C(O)C1=Cc2cc(SC(F)(F)F)ccc2OC1C(F)(F)F. The quantitative estimate of drug-likeness (QED) is 0.648. The number of carboxylic acid groups (broad SMARTS) is 1. The number of ether oxygens (including phenoxy) is 1. The first kappa shape index (κ1) is 16.5. The summed E-state index contributed by atoms with van der Waals surface area (Å²) in [5, 5.41) is 8.82. The second kappa shape index (κ2) is 5.41. The number of hydrogen-bond donors (Lipinski definition) is 1. The Morgan fingerprint density at radius 1 is 1.18 bits per heavy atom. The Hall–Kier alpha value is -1.84. The minimum atomic E-state index is -4.96. The van der Waals surface area contributed by atoms with Crippen molar-refractivity contribution in [2.24, 2.45) is 0 Å². The molecule has 0 bridgehead atoms. The molecule has 0 amide bonds. The first-order chi connectivity index (χ1) is 9.97. The fourth-order valence-corrected chi connectivity index (χ4v) is 2.38. The van der Waals surface area contributed by atoms with Crippen LogP contribution in [-0.2, 0) is 4.79 Å². The van der Waals surface area contributed by atoms with E-state index < -0.39 is 41.1 Å². The summed E-state index contributed by atoms with van der Waals surface area (Å²) < 4.78 is 79.7. The van der Waals surface area contributed by atoms with E-state index in [1.807, 2.05) is 0 Å². The Labute approximate surface area is 123 Å². The summed E-state index contributed by atoms with van der Waals surface area (Å²) in [6.45, 7) is 0. The molecular weight excluding hydrogens is 338 g/mol. The van der Waals surface area contributed by atoms with E-state index in [9.17, 15) is 31.1 Å². The van der Waals surface area contributed by atoms with E-state index in [1.54, 1.807) is 0 Å². The maximum atomic E-state index is 12.8. The van der Waals surface area contributed by atoms with Crippen LogP contribution in [0.3, 0.4) is 0 Å². The van der Waals surface area contributed by atoms with Gasteiger partial charge in [-0.25, -0.2) is 4.79 Å². The van der Waals surface area contributed by atoms with E-state index >= 15 is 0 Å². The van der Waals surface area contributed by atoms with Crippen LogP contribution in [0.2, 0.25) is 0 Å². The zero-order valence-electron chi connectivity index (χ0n) is 10.3. The van der Waals surface area contributed by atoms with Gasteiger partial charge in [-0.05, 0) is 36.0 Å². The number of fused-ring (bicyclic) bond motifs is 1.